The molecule has 5 nitrogen and oxygen atoms in total. The highest BCUT2D eigenvalue weighted by Gasteiger charge is 2.16. The third kappa shape index (κ3) is 4.60. The quantitative estimate of drug-likeness (QED) is 0.757. The molecule has 0 aliphatic carbocycles. The van der Waals surface area contributed by atoms with Crippen LogP contribution in [-0.2, 0) is 0 Å². The normalized spacial score (nSPS) is 11.4. The van der Waals surface area contributed by atoms with Crippen molar-refractivity contribution >= 4 is 11.7 Å². The van der Waals surface area contributed by atoms with Gasteiger partial charge in [-0.3, -0.25) is 4.90 Å². The zero-order valence-electron chi connectivity index (χ0n) is 12.9. The van der Waals surface area contributed by atoms with Gasteiger partial charge in [0.05, 0.1) is 11.3 Å². The first-order valence-electron chi connectivity index (χ1n) is 6.94. The van der Waals surface area contributed by atoms with E-state index in [2.05, 4.69) is 32.6 Å². The molecule has 0 atom stereocenters. The molecule has 6 heteroatoms. The van der Waals surface area contributed by atoms with E-state index >= 15 is 0 Å². The number of rotatable bonds is 7. The summed E-state index contributed by atoms with van der Waals surface area (Å²) in [5, 5.41) is 8.81. The molecule has 0 amide bonds. The van der Waals surface area contributed by atoms with Crippen molar-refractivity contribution in [2.24, 2.45) is 0 Å². The first-order chi connectivity index (χ1) is 9.73. The van der Waals surface area contributed by atoms with Crippen LogP contribution in [0.5, 0.6) is 5.75 Å². The zero-order chi connectivity index (χ0) is 16.2. The fourth-order valence-electron chi connectivity index (χ4n) is 2.23. The number of nitrogens with two attached hydrogens (primary N) is 1. The molecule has 118 valence electrons. The van der Waals surface area contributed by atoms with Crippen LogP contribution in [0.2, 0.25) is 0 Å². The lowest BCUT2D eigenvalue weighted by atomic mass is 10.2. The molecule has 0 radical (unpaired) electrons. The Morgan fingerprint density at radius 1 is 1.33 bits per heavy atom. The van der Waals surface area contributed by atoms with E-state index in [1.807, 2.05) is 0 Å². The van der Waals surface area contributed by atoms with Crippen molar-refractivity contribution in [3.8, 4) is 5.75 Å². The second-order valence-electron chi connectivity index (χ2n) is 5.45. The second kappa shape index (κ2) is 7.26. The van der Waals surface area contributed by atoms with Crippen LogP contribution in [0.25, 0.3) is 0 Å². The van der Waals surface area contributed by atoms with Crippen molar-refractivity contribution in [3.05, 3.63) is 23.5 Å². The van der Waals surface area contributed by atoms with E-state index in [1.165, 1.54) is 0 Å². The second-order valence-corrected chi connectivity index (χ2v) is 5.45. The predicted octanol–water partition coefficient (Wildman–Crippen LogP) is 2.60. The average molecular weight is 298 g/mol. The standard InChI is InChI=1S/C15H23FN2O3/c1-9(2)18(10(3)4)5-6-21-14-8-12(16)11(15(19)20)7-13(14)17/h7-10H,5-6,17H2,1-4H3,(H,19,20). The first kappa shape index (κ1) is 17.2. The Morgan fingerprint density at radius 2 is 1.90 bits per heavy atom. The maximum absolute atomic E-state index is 13.6. The third-order valence-electron chi connectivity index (χ3n) is 3.26. The minimum absolute atomic E-state index is 0.120. The van der Waals surface area contributed by atoms with E-state index in [0.29, 0.717) is 25.2 Å². The highest BCUT2D eigenvalue weighted by atomic mass is 19.1. The molecule has 1 rings (SSSR count). The van der Waals surface area contributed by atoms with E-state index in [0.717, 1.165) is 12.1 Å². The Kier molecular flexibility index (Phi) is 5.96. The average Bonchev–Trinajstić information content (AvgIpc) is 2.36. The molecule has 0 bridgehead atoms. The van der Waals surface area contributed by atoms with E-state index in [9.17, 15) is 9.18 Å². The molecule has 0 aliphatic rings. The first-order valence-corrected chi connectivity index (χ1v) is 6.94. The largest absolute Gasteiger partial charge is 0.490 e. The molecule has 0 aromatic heterocycles. The van der Waals surface area contributed by atoms with Crippen LogP contribution in [-0.4, -0.2) is 41.2 Å². The molecule has 0 unspecified atom stereocenters. The zero-order valence-corrected chi connectivity index (χ0v) is 12.9. The Hall–Kier alpha value is -1.82. The number of hydrogen-bond donors (Lipinski definition) is 2. The van der Waals surface area contributed by atoms with Gasteiger partial charge in [-0.05, 0) is 33.8 Å². The third-order valence-corrected chi connectivity index (χ3v) is 3.26. The van der Waals surface area contributed by atoms with Crippen molar-refractivity contribution < 1.29 is 19.0 Å². The van der Waals surface area contributed by atoms with Gasteiger partial charge in [-0.1, -0.05) is 0 Å². The van der Waals surface area contributed by atoms with Gasteiger partial charge in [-0.25, -0.2) is 9.18 Å². The molecule has 0 spiro atoms. The summed E-state index contributed by atoms with van der Waals surface area (Å²) in [5.74, 6) is -2.03. The predicted molar refractivity (Wildman–Crippen MR) is 80.2 cm³/mol. The number of hydrogen-bond acceptors (Lipinski definition) is 4. The van der Waals surface area contributed by atoms with E-state index in [4.69, 9.17) is 15.6 Å². The molecule has 0 aliphatic heterocycles. The van der Waals surface area contributed by atoms with Crippen LogP contribution in [0.4, 0.5) is 10.1 Å². The van der Waals surface area contributed by atoms with Gasteiger partial charge in [-0.15, -0.1) is 0 Å². The van der Waals surface area contributed by atoms with Crippen LogP contribution in [0.15, 0.2) is 12.1 Å². The summed E-state index contributed by atoms with van der Waals surface area (Å²) in [6.07, 6.45) is 0. The number of benzene rings is 1. The summed E-state index contributed by atoms with van der Waals surface area (Å²) in [7, 11) is 0. The Morgan fingerprint density at radius 3 is 2.38 bits per heavy atom. The molecule has 21 heavy (non-hydrogen) atoms. The Balaban J connectivity index is 2.72. The molecular weight excluding hydrogens is 275 g/mol. The summed E-state index contributed by atoms with van der Waals surface area (Å²) >= 11 is 0. The fourth-order valence-corrected chi connectivity index (χ4v) is 2.23. The lowest BCUT2D eigenvalue weighted by molar-refractivity contribution is 0.0692. The smallest absolute Gasteiger partial charge is 0.338 e. The number of anilines is 1. The summed E-state index contributed by atoms with van der Waals surface area (Å²) in [5.41, 5.74) is 5.36. The van der Waals surface area contributed by atoms with Crippen molar-refractivity contribution in [2.45, 2.75) is 39.8 Å². The number of aromatic carboxylic acids is 1. The van der Waals surface area contributed by atoms with Crippen molar-refractivity contribution in [3.63, 3.8) is 0 Å². The summed E-state index contributed by atoms with van der Waals surface area (Å²) in [4.78, 5) is 13.0. The molecule has 3 N–H and O–H groups in total. The van der Waals surface area contributed by atoms with E-state index < -0.39 is 17.3 Å². The van der Waals surface area contributed by atoms with Crippen LogP contribution in [0.1, 0.15) is 38.1 Å². The minimum Gasteiger partial charge on any atom is -0.490 e. The molecular formula is C15H23FN2O3. The van der Waals surface area contributed by atoms with Gasteiger partial charge in [0.15, 0.2) is 0 Å². The van der Waals surface area contributed by atoms with Gasteiger partial charge >= 0.3 is 5.97 Å². The van der Waals surface area contributed by atoms with Crippen LogP contribution in [0, 0.1) is 5.82 Å². The van der Waals surface area contributed by atoms with Crippen LogP contribution < -0.4 is 10.5 Å². The van der Waals surface area contributed by atoms with Crippen molar-refractivity contribution in [1.29, 1.82) is 0 Å². The van der Waals surface area contributed by atoms with Crippen molar-refractivity contribution in [1.82, 2.24) is 4.90 Å². The maximum Gasteiger partial charge on any atom is 0.338 e. The summed E-state index contributed by atoms with van der Waals surface area (Å²) < 4.78 is 19.1. The highest BCUT2D eigenvalue weighted by molar-refractivity contribution is 5.89. The van der Waals surface area contributed by atoms with Crippen LogP contribution >= 0.6 is 0 Å². The number of nitrogen functional groups attached to an aromatic ring is 1. The molecule has 0 heterocycles. The fraction of sp³-hybridized carbons (Fsp3) is 0.533. The molecule has 0 saturated heterocycles. The number of carboxylic acid groups (broad SMARTS) is 1. The molecule has 1 aromatic carbocycles. The van der Waals surface area contributed by atoms with Crippen LogP contribution in [0.3, 0.4) is 0 Å². The van der Waals surface area contributed by atoms with Gasteiger partial charge in [0.2, 0.25) is 0 Å². The molecule has 0 saturated carbocycles. The summed E-state index contributed by atoms with van der Waals surface area (Å²) in [6.45, 7) is 9.40. The number of ether oxygens (including phenoxy) is 1. The molecule has 1 aromatic rings. The number of nitrogens with zero attached hydrogens (tertiary/aromatic N) is 1. The SMILES string of the molecule is CC(C)N(CCOc1cc(F)c(C(=O)O)cc1N)C(C)C. The lowest BCUT2D eigenvalue weighted by Crippen LogP contribution is -2.39. The Labute approximate surface area is 124 Å². The minimum atomic E-state index is -1.35. The lowest BCUT2D eigenvalue weighted by Gasteiger charge is -2.30. The number of carbonyl (C=O) groups is 1. The van der Waals surface area contributed by atoms with E-state index in [-0.39, 0.29) is 11.4 Å². The number of halogens is 1. The number of carboxylic acids is 1. The Bertz CT molecular complexity index is 496. The van der Waals surface area contributed by atoms with Gasteiger partial charge < -0.3 is 15.6 Å². The maximum atomic E-state index is 13.6. The van der Waals surface area contributed by atoms with Crippen molar-refractivity contribution in [2.75, 3.05) is 18.9 Å². The van der Waals surface area contributed by atoms with Gasteiger partial charge in [0.1, 0.15) is 18.2 Å². The summed E-state index contributed by atoms with van der Waals surface area (Å²) in [6, 6.07) is 2.85. The topological polar surface area (TPSA) is 75.8 Å². The van der Waals surface area contributed by atoms with Gasteiger partial charge in [0, 0.05) is 24.7 Å². The van der Waals surface area contributed by atoms with Gasteiger partial charge in [-0.2, -0.15) is 0 Å². The van der Waals surface area contributed by atoms with E-state index in [1.54, 1.807) is 0 Å². The molecule has 0 fully saturated rings. The van der Waals surface area contributed by atoms with Gasteiger partial charge in [0.25, 0.3) is 0 Å². The monoisotopic (exact) mass is 298 g/mol. The highest BCUT2D eigenvalue weighted by Crippen LogP contribution is 2.25.